The number of anilines is 1. The van der Waals surface area contributed by atoms with Crippen molar-refractivity contribution in [2.45, 2.75) is 27.3 Å². The summed E-state index contributed by atoms with van der Waals surface area (Å²) in [5, 5.41) is 0. The second kappa shape index (κ2) is 8.11. The minimum absolute atomic E-state index is 0.608. The quantitative estimate of drug-likeness (QED) is 0.569. The molecule has 0 fully saturated rings. The fraction of sp³-hybridized carbons (Fsp3) is 0.600. The van der Waals surface area contributed by atoms with Crippen molar-refractivity contribution in [2.75, 3.05) is 32.0 Å². The Hall–Kier alpha value is -1.06. The van der Waals surface area contributed by atoms with Gasteiger partial charge in [-0.25, -0.2) is 0 Å². The summed E-state index contributed by atoms with van der Waals surface area (Å²) in [6, 6.07) is 8.09. The molecule has 0 aliphatic carbocycles. The summed E-state index contributed by atoms with van der Waals surface area (Å²) in [5.74, 6) is 0.608. The summed E-state index contributed by atoms with van der Waals surface area (Å²) in [6.45, 7) is 11.2. The molecule has 0 saturated carbocycles. The van der Waals surface area contributed by atoms with E-state index in [9.17, 15) is 0 Å². The molecule has 0 aromatic heterocycles. The van der Waals surface area contributed by atoms with E-state index in [0.717, 1.165) is 38.5 Å². The van der Waals surface area contributed by atoms with E-state index >= 15 is 0 Å². The SMILES string of the molecule is CCN(CCOCC(C)C)Cc1ccc(N)cc1. The van der Waals surface area contributed by atoms with E-state index in [1.165, 1.54) is 5.56 Å². The summed E-state index contributed by atoms with van der Waals surface area (Å²) in [7, 11) is 0. The van der Waals surface area contributed by atoms with Crippen LogP contribution in [0.5, 0.6) is 0 Å². The molecular formula is C15H26N2O. The number of likely N-dealkylation sites (N-methyl/N-ethyl adjacent to an activating group) is 1. The maximum Gasteiger partial charge on any atom is 0.0593 e. The molecule has 0 heterocycles. The van der Waals surface area contributed by atoms with E-state index in [-0.39, 0.29) is 0 Å². The highest BCUT2D eigenvalue weighted by molar-refractivity contribution is 5.39. The molecule has 0 atom stereocenters. The molecule has 0 spiro atoms. The van der Waals surface area contributed by atoms with Crippen molar-refractivity contribution in [3.63, 3.8) is 0 Å². The van der Waals surface area contributed by atoms with Gasteiger partial charge in [0.2, 0.25) is 0 Å². The van der Waals surface area contributed by atoms with Gasteiger partial charge in [-0.3, -0.25) is 4.90 Å². The van der Waals surface area contributed by atoms with Crippen molar-refractivity contribution >= 4 is 5.69 Å². The van der Waals surface area contributed by atoms with Gasteiger partial charge in [0.25, 0.3) is 0 Å². The van der Waals surface area contributed by atoms with Gasteiger partial charge in [0.05, 0.1) is 6.61 Å². The molecule has 1 rings (SSSR count). The fourth-order valence-electron chi connectivity index (χ4n) is 1.74. The van der Waals surface area contributed by atoms with E-state index in [0.29, 0.717) is 5.92 Å². The first-order valence-corrected chi connectivity index (χ1v) is 6.76. The maximum absolute atomic E-state index is 5.68. The van der Waals surface area contributed by atoms with Crippen LogP contribution in [0.15, 0.2) is 24.3 Å². The second-order valence-electron chi connectivity index (χ2n) is 5.08. The molecule has 102 valence electrons. The van der Waals surface area contributed by atoms with Crippen LogP contribution in [0, 0.1) is 5.92 Å². The third-order valence-corrected chi connectivity index (χ3v) is 2.84. The van der Waals surface area contributed by atoms with Gasteiger partial charge >= 0.3 is 0 Å². The van der Waals surface area contributed by atoms with Crippen molar-refractivity contribution in [1.82, 2.24) is 4.90 Å². The van der Waals surface area contributed by atoms with Crippen LogP contribution in [-0.4, -0.2) is 31.2 Å². The lowest BCUT2D eigenvalue weighted by Gasteiger charge is -2.20. The molecule has 0 unspecified atom stereocenters. The van der Waals surface area contributed by atoms with Gasteiger partial charge < -0.3 is 10.5 Å². The normalized spacial score (nSPS) is 11.4. The van der Waals surface area contributed by atoms with Crippen LogP contribution >= 0.6 is 0 Å². The summed E-state index contributed by atoms with van der Waals surface area (Å²) in [6.07, 6.45) is 0. The Labute approximate surface area is 111 Å². The molecule has 0 aliphatic rings. The van der Waals surface area contributed by atoms with E-state index in [1.54, 1.807) is 0 Å². The lowest BCUT2D eigenvalue weighted by Crippen LogP contribution is -2.27. The Bertz CT molecular complexity index is 322. The zero-order chi connectivity index (χ0) is 13.4. The molecule has 3 heteroatoms. The molecule has 0 radical (unpaired) electrons. The first-order valence-electron chi connectivity index (χ1n) is 6.76. The van der Waals surface area contributed by atoms with E-state index in [4.69, 9.17) is 10.5 Å². The Morgan fingerprint density at radius 2 is 1.89 bits per heavy atom. The Morgan fingerprint density at radius 1 is 1.22 bits per heavy atom. The first-order chi connectivity index (χ1) is 8.61. The van der Waals surface area contributed by atoms with Crippen LogP contribution in [0.1, 0.15) is 26.3 Å². The zero-order valence-electron chi connectivity index (χ0n) is 11.9. The van der Waals surface area contributed by atoms with Crippen molar-refractivity contribution in [1.29, 1.82) is 0 Å². The number of benzene rings is 1. The van der Waals surface area contributed by atoms with Crippen molar-refractivity contribution in [2.24, 2.45) is 5.92 Å². The lowest BCUT2D eigenvalue weighted by atomic mass is 10.2. The molecule has 1 aromatic carbocycles. The number of rotatable bonds is 8. The average Bonchev–Trinajstić information content (AvgIpc) is 2.35. The Morgan fingerprint density at radius 3 is 2.44 bits per heavy atom. The summed E-state index contributed by atoms with van der Waals surface area (Å²) in [5.41, 5.74) is 7.81. The first kappa shape index (κ1) is 15.0. The molecule has 18 heavy (non-hydrogen) atoms. The molecule has 3 nitrogen and oxygen atoms in total. The van der Waals surface area contributed by atoms with Gasteiger partial charge in [0, 0.05) is 25.4 Å². The molecule has 0 bridgehead atoms. The van der Waals surface area contributed by atoms with Crippen molar-refractivity contribution < 1.29 is 4.74 Å². The topological polar surface area (TPSA) is 38.5 Å². The van der Waals surface area contributed by atoms with Gasteiger partial charge in [0.1, 0.15) is 0 Å². The van der Waals surface area contributed by atoms with E-state index in [2.05, 4.69) is 37.8 Å². The van der Waals surface area contributed by atoms with Crippen molar-refractivity contribution in [3.05, 3.63) is 29.8 Å². The third kappa shape index (κ3) is 6.03. The highest BCUT2D eigenvalue weighted by Gasteiger charge is 2.04. The van der Waals surface area contributed by atoms with Gasteiger partial charge in [0.15, 0.2) is 0 Å². The minimum Gasteiger partial charge on any atom is -0.399 e. The summed E-state index contributed by atoms with van der Waals surface area (Å²) >= 11 is 0. The average molecular weight is 250 g/mol. The van der Waals surface area contributed by atoms with Gasteiger partial charge in [-0.2, -0.15) is 0 Å². The molecule has 0 aliphatic heterocycles. The number of nitrogen functional groups attached to an aromatic ring is 1. The van der Waals surface area contributed by atoms with E-state index < -0.39 is 0 Å². The fourth-order valence-corrected chi connectivity index (χ4v) is 1.74. The Balaban J connectivity index is 2.30. The maximum atomic E-state index is 5.68. The van der Waals surface area contributed by atoms with Crippen LogP contribution in [0.4, 0.5) is 5.69 Å². The van der Waals surface area contributed by atoms with Crippen molar-refractivity contribution in [3.8, 4) is 0 Å². The number of hydrogen-bond donors (Lipinski definition) is 1. The third-order valence-electron chi connectivity index (χ3n) is 2.84. The minimum atomic E-state index is 0.608. The van der Waals surface area contributed by atoms with Gasteiger partial charge in [-0.1, -0.05) is 32.9 Å². The van der Waals surface area contributed by atoms with Gasteiger partial charge in [-0.15, -0.1) is 0 Å². The summed E-state index contributed by atoms with van der Waals surface area (Å²) in [4.78, 5) is 2.38. The Kier molecular flexibility index (Phi) is 6.76. The number of ether oxygens (including phenoxy) is 1. The zero-order valence-corrected chi connectivity index (χ0v) is 11.9. The van der Waals surface area contributed by atoms with Crippen LogP contribution in [0.2, 0.25) is 0 Å². The monoisotopic (exact) mass is 250 g/mol. The molecule has 2 N–H and O–H groups in total. The smallest absolute Gasteiger partial charge is 0.0593 e. The number of nitrogens with zero attached hydrogens (tertiary/aromatic N) is 1. The standard InChI is InChI=1S/C15H26N2O/c1-4-17(9-10-18-12-13(2)3)11-14-5-7-15(16)8-6-14/h5-8,13H,4,9-12,16H2,1-3H3. The lowest BCUT2D eigenvalue weighted by molar-refractivity contribution is 0.0849. The molecule has 0 amide bonds. The highest BCUT2D eigenvalue weighted by Crippen LogP contribution is 2.08. The molecular weight excluding hydrogens is 224 g/mol. The largest absolute Gasteiger partial charge is 0.399 e. The predicted octanol–water partition coefficient (Wildman–Crippen LogP) is 2.76. The van der Waals surface area contributed by atoms with Crippen LogP contribution in [-0.2, 0) is 11.3 Å². The van der Waals surface area contributed by atoms with E-state index in [1.807, 2.05) is 12.1 Å². The van der Waals surface area contributed by atoms with Crippen LogP contribution < -0.4 is 5.73 Å². The number of nitrogens with two attached hydrogens (primary N) is 1. The van der Waals surface area contributed by atoms with Gasteiger partial charge in [-0.05, 0) is 30.2 Å². The predicted molar refractivity (Wildman–Crippen MR) is 77.5 cm³/mol. The van der Waals surface area contributed by atoms with Crippen LogP contribution in [0.3, 0.4) is 0 Å². The highest BCUT2D eigenvalue weighted by atomic mass is 16.5. The van der Waals surface area contributed by atoms with Crippen LogP contribution in [0.25, 0.3) is 0 Å². The number of hydrogen-bond acceptors (Lipinski definition) is 3. The molecule has 0 saturated heterocycles. The second-order valence-corrected chi connectivity index (χ2v) is 5.08. The molecule has 1 aromatic rings. The summed E-state index contributed by atoms with van der Waals surface area (Å²) < 4.78 is 5.62.